The fourth-order valence-electron chi connectivity index (χ4n) is 7.66. The van der Waals surface area contributed by atoms with Crippen molar-refractivity contribution < 1.29 is 4.74 Å². The molecule has 0 radical (unpaired) electrons. The summed E-state index contributed by atoms with van der Waals surface area (Å²) in [4.78, 5) is 0. The fraction of sp³-hybridized carbons (Fsp3) is 0. The van der Waals surface area contributed by atoms with Crippen molar-refractivity contribution >= 4 is 66.7 Å². The summed E-state index contributed by atoms with van der Waals surface area (Å²) in [6, 6.07) is 58.8. The second-order valence-electron chi connectivity index (χ2n) is 12.1. The van der Waals surface area contributed by atoms with Crippen LogP contribution in [0.4, 0.5) is 0 Å². The van der Waals surface area contributed by atoms with E-state index in [0.29, 0.717) is 0 Å². The molecule has 0 amide bonds. The molecule has 7 aromatic carbocycles. The Kier molecular flexibility index (Phi) is 5.37. The molecule has 46 heavy (non-hydrogen) atoms. The van der Waals surface area contributed by atoms with E-state index >= 15 is 0 Å². The lowest BCUT2D eigenvalue weighted by Gasteiger charge is -2.27. The molecule has 214 valence electrons. The van der Waals surface area contributed by atoms with Crippen molar-refractivity contribution in [1.29, 1.82) is 0 Å². The lowest BCUT2D eigenvalue weighted by atomic mass is 9.36. The summed E-state index contributed by atoms with van der Waals surface area (Å²) in [5.74, 6) is 1.82. The van der Waals surface area contributed by atoms with E-state index in [9.17, 15) is 0 Å². The van der Waals surface area contributed by atoms with Crippen LogP contribution >= 0.6 is 0 Å². The first-order valence-corrected chi connectivity index (χ1v) is 15.8. The Balaban J connectivity index is 1.24. The van der Waals surface area contributed by atoms with Crippen LogP contribution in [0.2, 0.25) is 0 Å². The first-order chi connectivity index (χ1) is 22.8. The van der Waals surface area contributed by atoms with Gasteiger partial charge in [0.2, 0.25) is 0 Å². The molecule has 9 aromatic rings. The van der Waals surface area contributed by atoms with E-state index in [4.69, 9.17) is 4.74 Å². The highest BCUT2D eigenvalue weighted by Gasteiger charge is 2.32. The van der Waals surface area contributed by atoms with Gasteiger partial charge in [-0.2, -0.15) is 0 Å². The van der Waals surface area contributed by atoms with Gasteiger partial charge in [-0.1, -0.05) is 115 Å². The maximum Gasteiger partial charge on any atom is 0.250 e. The molecule has 0 N–H and O–H groups in total. The second kappa shape index (κ2) is 9.75. The Morgan fingerprint density at radius 2 is 0.913 bits per heavy atom. The van der Waals surface area contributed by atoms with E-state index in [1.807, 2.05) is 0 Å². The Labute approximate surface area is 266 Å². The number of ether oxygens (including phenoxy) is 1. The van der Waals surface area contributed by atoms with Gasteiger partial charge in [-0.15, -0.1) is 0 Å². The van der Waals surface area contributed by atoms with Crippen LogP contribution in [0.1, 0.15) is 0 Å². The first kappa shape index (κ1) is 25.3. The Morgan fingerprint density at radius 3 is 1.61 bits per heavy atom. The van der Waals surface area contributed by atoms with Crippen molar-refractivity contribution in [1.82, 2.24) is 9.13 Å². The molecular formula is C42H27BN2O. The van der Waals surface area contributed by atoms with Gasteiger partial charge in [0, 0.05) is 39.0 Å². The van der Waals surface area contributed by atoms with Crippen LogP contribution in [0.25, 0.3) is 55.0 Å². The molecule has 0 spiro atoms. The molecule has 1 aliphatic heterocycles. The lowest BCUT2D eigenvalue weighted by molar-refractivity contribution is 0.487. The van der Waals surface area contributed by atoms with E-state index in [1.165, 1.54) is 60.0 Å². The number of para-hydroxylation sites is 4. The van der Waals surface area contributed by atoms with Crippen molar-refractivity contribution in [3.05, 3.63) is 164 Å². The smallest absolute Gasteiger partial charge is 0.250 e. The highest BCUT2D eigenvalue weighted by Crippen LogP contribution is 2.40. The Hall–Kier alpha value is -6.00. The van der Waals surface area contributed by atoms with Crippen LogP contribution in [0.15, 0.2) is 164 Å². The Bertz CT molecular complexity index is 2620. The fourth-order valence-corrected chi connectivity index (χ4v) is 7.66. The Morgan fingerprint density at radius 1 is 0.370 bits per heavy atom. The predicted octanol–water partition coefficient (Wildman–Crippen LogP) is 8.50. The minimum absolute atomic E-state index is 0.108. The topological polar surface area (TPSA) is 19.1 Å². The van der Waals surface area contributed by atoms with Crippen LogP contribution < -0.4 is 21.1 Å². The molecule has 10 rings (SSSR count). The third-order valence-corrected chi connectivity index (χ3v) is 9.63. The second-order valence-corrected chi connectivity index (χ2v) is 12.1. The van der Waals surface area contributed by atoms with Crippen molar-refractivity contribution in [2.45, 2.75) is 0 Å². The molecule has 0 unspecified atom stereocenters. The number of nitrogens with zero attached hydrogens (tertiary/aromatic N) is 2. The van der Waals surface area contributed by atoms with Gasteiger partial charge in [0.1, 0.15) is 11.5 Å². The molecule has 4 heteroatoms. The molecule has 0 bridgehead atoms. The molecule has 0 fully saturated rings. The van der Waals surface area contributed by atoms with Gasteiger partial charge in [0.15, 0.2) is 0 Å². The van der Waals surface area contributed by atoms with Crippen LogP contribution in [0, 0.1) is 0 Å². The lowest BCUT2D eigenvalue weighted by Crippen LogP contribution is -2.54. The van der Waals surface area contributed by atoms with Crippen molar-refractivity contribution in [2.75, 3.05) is 0 Å². The summed E-state index contributed by atoms with van der Waals surface area (Å²) in [6.45, 7) is 0.108. The van der Waals surface area contributed by atoms with Gasteiger partial charge in [-0.3, -0.25) is 0 Å². The van der Waals surface area contributed by atoms with Gasteiger partial charge in [-0.05, 0) is 59.5 Å². The zero-order chi connectivity index (χ0) is 30.2. The van der Waals surface area contributed by atoms with E-state index in [1.54, 1.807) is 0 Å². The summed E-state index contributed by atoms with van der Waals surface area (Å²) < 4.78 is 11.5. The SMILES string of the molecule is c1ccc(B2c3ccccc3Oc3cc(-n4c5ccccc5c5cc6c(cc54)c4ccccc4n6-c4ccccc4)ccc32)cc1. The van der Waals surface area contributed by atoms with Crippen LogP contribution in [0.3, 0.4) is 0 Å². The standard InChI is InChI=1S/C42H27BN2O/c1-3-13-28(14-4-1)43-35-19-9-12-22-41(35)46-42-25-30(23-24-36(42)43)45-38-21-11-8-18-32(38)34-26-39-33(27-40(34)45)31-17-7-10-20-37(31)44(39)29-15-5-2-6-16-29/h1-27H. The van der Waals surface area contributed by atoms with Gasteiger partial charge >= 0.3 is 0 Å². The first-order valence-electron chi connectivity index (χ1n) is 15.8. The van der Waals surface area contributed by atoms with Gasteiger partial charge in [-0.25, -0.2) is 0 Å². The summed E-state index contributed by atoms with van der Waals surface area (Å²) in [7, 11) is 0. The normalized spacial score (nSPS) is 12.5. The monoisotopic (exact) mass is 586 g/mol. The minimum atomic E-state index is 0.108. The van der Waals surface area contributed by atoms with E-state index < -0.39 is 0 Å². The number of fused-ring (bicyclic) bond motifs is 8. The zero-order valence-corrected chi connectivity index (χ0v) is 25.0. The van der Waals surface area contributed by atoms with Crippen LogP contribution in [-0.4, -0.2) is 15.8 Å². The number of benzene rings is 7. The highest BCUT2D eigenvalue weighted by atomic mass is 16.5. The average molecular weight is 587 g/mol. The summed E-state index contributed by atoms with van der Waals surface area (Å²) in [6.07, 6.45) is 0. The maximum absolute atomic E-state index is 6.66. The molecule has 0 saturated carbocycles. The molecular weight excluding hydrogens is 559 g/mol. The number of rotatable bonds is 3. The average Bonchev–Trinajstić information content (AvgIpc) is 3.62. The van der Waals surface area contributed by atoms with E-state index in [0.717, 1.165) is 22.9 Å². The summed E-state index contributed by atoms with van der Waals surface area (Å²) in [5.41, 5.74) is 10.7. The largest absolute Gasteiger partial charge is 0.458 e. The summed E-state index contributed by atoms with van der Waals surface area (Å²) >= 11 is 0. The van der Waals surface area contributed by atoms with Crippen LogP contribution in [-0.2, 0) is 0 Å². The molecule has 0 atom stereocenters. The van der Waals surface area contributed by atoms with Crippen molar-refractivity contribution in [2.24, 2.45) is 0 Å². The third kappa shape index (κ3) is 3.61. The van der Waals surface area contributed by atoms with Crippen molar-refractivity contribution in [3.63, 3.8) is 0 Å². The summed E-state index contributed by atoms with van der Waals surface area (Å²) in [5, 5.41) is 4.95. The van der Waals surface area contributed by atoms with Crippen molar-refractivity contribution in [3.8, 4) is 22.9 Å². The molecule has 3 nitrogen and oxygen atoms in total. The van der Waals surface area contributed by atoms with E-state index in [2.05, 4.69) is 173 Å². The molecule has 0 saturated heterocycles. The van der Waals surface area contributed by atoms with Gasteiger partial charge < -0.3 is 13.9 Å². The predicted molar refractivity (Wildman–Crippen MR) is 193 cm³/mol. The van der Waals surface area contributed by atoms with E-state index in [-0.39, 0.29) is 6.71 Å². The molecule has 3 heterocycles. The molecule has 2 aromatic heterocycles. The molecule has 1 aliphatic rings. The zero-order valence-electron chi connectivity index (χ0n) is 25.0. The number of hydrogen-bond acceptors (Lipinski definition) is 1. The molecule has 0 aliphatic carbocycles. The van der Waals surface area contributed by atoms with Gasteiger partial charge in [0.05, 0.1) is 22.1 Å². The quantitative estimate of drug-likeness (QED) is 0.190. The maximum atomic E-state index is 6.66. The highest BCUT2D eigenvalue weighted by molar-refractivity contribution is 6.96. The van der Waals surface area contributed by atoms with Gasteiger partial charge in [0.25, 0.3) is 6.71 Å². The number of hydrogen-bond donors (Lipinski definition) is 0. The number of aromatic nitrogens is 2. The van der Waals surface area contributed by atoms with Crippen LogP contribution in [0.5, 0.6) is 11.5 Å². The third-order valence-electron chi connectivity index (χ3n) is 9.63. The minimum Gasteiger partial charge on any atom is -0.458 e.